The molecule has 5 atom stereocenters. The molecule has 11 heteroatoms. The summed E-state index contributed by atoms with van der Waals surface area (Å²) in [5.74, 6) is -0.976. The molecular weight excluding hydrogens is 346 g/mol. The molecule has 0 saturated carbocycles. The van der Waals surface area contributed by atoms with Gasteiger partial charge in [-0.15, -0.1) is 0 Å². The second-order valence-electron chi connectivity index (χ2n) is 6.48. The first-order chi connectivity index (χ1) is 12.3. The van der Waals surface area contributed by atoms with E-state index < -0.39 is 43.2 Å². The van der Waals surface area contributed by atoms with Gasteiger partial charge in [-0.05, 0) is 5.92 Å². The van der Waals surface area contributed by atoms with Crippen LogP contribution in [-0.4, -0.2) is 76.9 Å². The Labute approximate surface area is 148 Å². The predicted molar refractivity (Wildman–Crippen MR) is 88.2 cm³/mol. The summed E-state index contributed by atoms with van der Waals surface area (Å²) in [6, 6.07) is -0.868. The number of hydrogen-bond donors (Lipinski definition) is 5. The van der Waals surface area contributed by atoms with E-state index in [1.807, 2.05) is 0 Å². The Balaban J connectivity index is 1.96. The molecule has 11 nitrogen and oxygen atoms in total. The molecule has 3 heterocycles. The molecule has 0 bridgehead atoms. The monoisotopic (exact) mass is 367 g/mol. The van der Waals surface area contributed by atoms with Crippen molar-refractivity contribution in [2.45, 2.75) is 44.4 Å². The van der Waals surface area contributed by atoms with Crippen LogP contribution in [0.1, 0.15) is 20.1 Å². The summed E-state index contributed by atoms with van der Waals surface area (Å²) in [7, 11) is 0. The minimum atomic E-state index is -1.28. The topological polar surface area (TPSA) is 163 Å². The molecule has 1 aliphatic rings. The summed E-state index contributed by atoms with van der Waals surface area (Å²) in [6.45, 7) is 3.08. The molecule has 3 rings (SSSR count). The van der Waals surface area contributed by atoms with E-state index in [4.69, 9.17) is 4.74 Å². The van der Waals surface area contributed by atoms with Crippen LogP contribution in [-0.2, 0) is 9.53 Å². The van der Waals surface area contributed by atoms with Gasteiger partial charge in [0.05, 0.1) is 12.9 Å². The van der Waals surface area contributed by atoms with Crippen molar-refractivity contribution < 1.29 is 30.0 Å². The fraction of sp³-hybridized carbons (Fsp3) is 0.600. The first-order valence-electron chi connectivity index (χ1n) is 8.14. The molecule has 1 fully saturated rings. The lowest BCUT2D eigenvalue weighted by molar-refractivity contribution is -0.138. The van der Waals surface area contributed by atoms with E-state index in [9.17, 15) is 25.2 Å². The van der Waals surface area contributed by atoms with Crippen molar-refractivity contribution in [3.8, 4) is 0 Å². The molecule has 0 spiro atoms. The van der Waals surface area contributed by atoms with Gasteiger partial charge in [0.25, 0.3) is 0 Å². The van der Waals surface area contributed by atoms with E-state index >= 15 is 0 Å². The van der Waals surface area contributed by atoms with Crippen molar-refractivity contribution in [3.63, 3.8) is 0 Å². The number of rotatable bonds is 6. The minimum absolute atomic E-state index is 0.194. The second-order valence-corrected chi connectivity index (χ2v) is 6.48. The van der Waals surface area contributed by atoms with Gasteiger partial charge in [0.1, 0.15) is 30.7 Å². The fourth-order valence-corrected chi connectivity index (χ4v) is 2.91. The van der Waals surface area contributed by atoms with Crippen LogP contribution in [0, 0.1) is 5.92 Å². The summed E-state index contributed by atoms with van der Waals surface area (Å²) in [5.41, 5.74) is 0.599. The number of aliphatic carboxylic acids is 1. The standard InChI is InChI=1S/C15H21N5O6/c1-6(2)8(15(24)25)19-12-9-13(17-4-16-12)20(5-18-9)14-11(23)10(22)7(3-21)26-14/h4-8,10-11,14,21-23H,3H2,1-2H3,(H,24,25)(H,16,17,19)/t7-,8-,10-,11-,14-/m1/s1. The van der Waals surface area contributed by atoms with E-state index in [0.717, 1.165) is 0 Å². The maximum Gasteiger partial charge on any atom is 0.326 e. The maximum atomic E-state index is 11.4. The average Bonchev–Trinajstić information content (AvgIpc) is 3.14. The molecular formula is C15H21N5O6. The van der Waals surface area contributed by atoms with E-state index in [-0.39, 0.29) is 11.7 Å². The Morgan fingerprint density at radius 3 is 2.62 bits per heavy atom. The van der Waals surface area contributed by atoms with Crippen LogP contribution in [0.15, 0.2) is 12.7 Å². The first kappa shape index (κ1) is 18.5. The number of aliphatic hydroxyl groups excluding tert-OH is 3. The van der Waals surface area contributed by atoms with Crippen molar-refractivity contribution in [1.29, 1.82) is 0 Å². The molecule has 0 aliphatic carbocycles. The van der Waals surface area contributed by atoms with Crippen LogP contribution >= 0.6 is 0 Å². The molecule has 1 saturated heterocycles. The third-order valence-corrected chi connectivity index (χ3v) is 4.38. The van der Waals surface area contributed by atoms with Crippen LogP contribution in [0.4, 0.5) is 5.82 Å². The summed E-state index contributed by atoms with van der Waals surface area (Å²) >= 11 is 0. The van der Waals surface area contributed by atoms with Gasteiger partial charge in [0, 0.05) is 0 Å². The average molecular weight is 367 g/mol. The second kappa shape index (κ2) is 7.11. The van der Waals surface area contributed by atoms with Gasteiger partial charge in [-0.1, -0.05) is 13.8 Å². The van der Waals surface area contributed by atoms with Crippen molar-refractivity contribution in [3.05, 3.63) is 12.7 Å². The fourth-order valence-electron chi connectivity index (χ4n) is 2.91. The molecule has 5 N–H and O–H groups in total. The number of imidazole rings is 1. The Bertz CT molecular complexity index is 796. The van der Waals surface area contributed by atoms with Gasteiger partial charge in [-0.3, -0.25) is 4.57 Å². The largest absolute Gasteiger partial charge is 0.480 e. The smallest absolute Gasteiger partial charge is 0.326 e. The molecule has 0 aromatic carbocycles. The molecule has 2 aromatic heterocycles. The number of carboxylic acid groups (broad SMARTS) is 1. The third kappa shape index (κ3) is 3.09. The molecule has 0 radical (unpaired) electrons. The van der Waals surface area contributed by atoms with E-state index in [1.165, 1.54) is 17.2 Å². The Morgan fingerprint density at radius 1 is 1.31 bits per heavy atom. The number of ether oxygens (including phenoxy) is 1. The number of carboxylic acids is 1. The summed E-state index contributed by atoms with van der Waals surface area (Å²) in [4.78, 5) is 23.8. The molecule has 0 amide bonds. The molecule has 142 valence electrons. The summed E-state index contributed by atoms with van der Waals surface area (Å²) < 4.78 is 6.90. The van der Waals surface area contributed by atoms with Gasteiger partial charge in [0.2, 0.25) is 0 Å². The van der Waals surface area contributed by atoms with Crippen molar-refractivity contribution in [2.75, 3.05) is 11.9 Å². The highest BCUT2D eigenvalue weighted by atomic mass is 16.6. The summed E-state index contributed by atoms with van der Waals surface area (Å²) in [6.07, 6.45) is -1.85. The number of aliphatic hydroxyl groups is 3. The van der Waals surface area contributed by atoms with E-state index in [1.54, 1.807) is 13.8 Å². The summed E-state index contributed by atoms with van der Waals surface area (Å²) in [5, 5.41) is 41.5. The SMILES string of the molecule is CC(C)[C@@H](Nc1ncnc2c1ncn2[C@@H]1O[C@H](CO)[C@@H](O)[C@H]1O)C(=O)O. The highest BCUT2D eigenvalue weighted by Gasteiger charge is 2.44. The zero-order chi connectivity index (χ0) is 19.0. The van der Waals surface area contributed by atoms with Gasteiger partial charge >= 0.3 is 5.97 Å². The van der Waals surface area contributed by atoms with Gasteiger partial charge in [-0.2, -0.15) is 0 Å². The Morgan fingerprint density at radius 2 is 2.04 bits per heavy atom. The lowest BCUT2D eigenvalue weighted by Gasteiger charge is -2.19. The maximum absolute atomic E-state index is 11.4. The lowest BCUT2D eigenvalue weighted by atomic mass is 10.1. The number of fused-ring (bicyclic) bond motifs is 1. The highest BCUT2D eigenvalue weighted by molar-refractivity contribution is 5.86. The number of hydrogen-bond acceptors (Lipinski definition) is 9. The zero-order valence-electron chi connectivity index (χ0n) is 14.2. The van der Waals surface area contributed by atoms with Crippen LogP contribution < -0.4 is 5.32 Å². The Kier molecular flexibility index (Phi) is 5.05. The van der Waals surface area contributed by atoms with Crippen molar-refractivity contribution >= 4 is 23.0 Å². The number of aromatic nitrogens is 4. The number of nitrogens with zero attached hydrogens (tertiary/aromatic N) is 4. The lowest BCUT2D eigenvalue weighted by Crippen LogP contribution is -2.34. The minimum Gasteiger partial charge on any atom is -0.480 e. The molecule has 1 aliphatic heterocycles. The predicted octanol–water partition coefficient (Wildman–Crippen LogP) is -1.04. The number of nitrogens with one attached hydrogen (secondary N) is 1. The molecule has 26 heavy (non-hydrogen) atoms. The normalized spacial score (nSPS) is 27.2. The van der Waals surface area contributed by atoms with Crippen molar-refractivity contribution in [1.82, 2.24) is 19.5 Å². The number of anilines is 1. The van der Waals surface area contributed by atoms with E-state index in [0.29, 0.717) is 11.2 Å². The van der Waals surface area contributed by atoms with Gasteiger partial charge < -0.3 is 30.5 Å². The van der Waals surface area contributed by atoms with Crippen molar-refractivity contribution in [2.24, 2.45) is 5.92 Å². The van der Waals surface area contributed by atoms with Crippen LogP contribution in [0.3, 0.4) is 0 Å². The van der Waals surface area contributed by atoms with Gasteiger partial charge in [-0.25, -0.2) is 19.7 Å². The molecule has 2 aromatic rings. The number of carbonyl (C=O) groups is 1. The first-order valence-corrected chi connectivity index (χ1v) is 8.14. The zero-order valence-corrected chi connectivity index (χ0v) is 14.2. The van der Waals surface area contributed by atoms with Gasteiger partial charge in [0.15, 0.2) is 23.2 Å². The quantitative estimate of drug-likeness (QED) is 0.426. The van der Waals surface area contributed by atoms with Crippen LogP contribution in [0.25, 0.3) is 11.2 Å². The third-order valence-electron chi connectivity index (χ3n) is 4.38. The highest BCUT2D eigenvalue weighted by Crippen LogP contribution is 2.32. The molecule has 0 unspecified atom stereocenters. The Hall–Kier alpha value is -2.34. The van der Waals surface area contributed by atoms with E-state index in [2.05, 4.69) is 20.3 Å². The van der Waals surface area contributed by atoms with Crippen LogP contribution in [0.2, 0.25) is 0 Å². The van der Waals surface area contributed by atoms with Crippen LogP contribution in [0.5, 0.6) is 0 Å².